The molecule has 0 aromatic heterocycles. The van der Waals surface area contributed by atoms with Gasteiger partial charge in [-0.25, -0.2) is 0 Å². The Hall–Kier alpha value is 0.0596. The van der Waals surface area contributed by atoms with Crippen LogP contribution >= 0.6 is 17.9 Å². The van der Waals surface area contributed by atoms with Gasteiger partial charge in [0.2, 0.25) is 0 Å². The molecule has 0 heterocycles. The van der Waals surface area contributed by atoms with Crippen molar-refractivity contribution in [1.82, 2.24) is 0 Å². The summed E-state index contributed by atoms with van der Waals surface area (Å²) in [6, 6.07) is 9.46. The van der Waals surface area contributed by atoms with Crippen LogP contribution in [0.1, 0.15) is 20.8 Å². The number of carbonyl (C=O) groups is 1. The van der Waals surface area contributed by atoms with Crippen molar-refractivity contribution in [2.24, 2.45) is 5.41 Å². The molecule has 0 saturated carbocycles. The van der Waals surface area contributed by atoms with Crippen molar-refractivity contribution in [2.75, 3.05) is 7.11 Å². The molecule has 18 heavy (non-hydrogen) atoms. The van der Waals surface area contributed by atoms with Crippen LogP contribution in [0.3, 0.4) is 0 Å². The number of rotatable bonds is 3. The number of carbonyl (C=O) groups excluding carboxylic acids is 1. The molecular weight excluding hydrogens is 387 g/mol. The SMILES string of the molecule is COC(=O)C(C(C)(C)C)[Te](Cl)(Cl)c1ccccc1. The number of halogens is 2. The van der Waals surface area contributed by atoms with E-state index in [-0.39, 0.29) is 11.4 Å². The first-order chi connectivity index (χ1) is 8.21. The summed E-state index contributed by atoms with van der Waals surface area (Å²) in [4.78, 5) is 12.0. The van der Waals surface area contributed by atoms with E-state index in [4.69, 9.17) is 22.7 Å². The zero-order chi connectivity index (χ0) is 14.0. The predicted molar refractivity (Wildman–Crippen MR) is 78.8 cm³/mol. The molecule has 0 bridgehead atoms. The standard InChI is InChI=1S/C13H18Cl2O2Te/c1-13(2,3)11(12(16)17-4)18(14,15)10-8-6-5-7-9-10/h5-9,11H,1-4H3. The van der Waals surface area contributed by atoms with Crippen LogP contribution in [-0.4, -0.2) is 29.0 Å². The molecule has 5 heteroatoms. The zero-order valence-corrected chi connectivity index (χ0v) is 14.8. The number of hydrogen-bond acceptors (Lipinski definition) is 2. The van der Waals surface area contributed by atoms with Gasteiger partial charge >= 0.3 is 121 Å². The van der Waals surface area contributed by atoms with E-state index < -0.39 is 19.9 Å². The molecule has 0 aliphatic rings. The predicted octanol–water partition coefficient (Wildman–Crippen LogP) is 3.40. The van der Waals surface area contributed by atoms with Crippen LogP contribution in [-0.2, 0) is 9.53 Å². The van der Waals surface area contributed by atoms with Crippen molar-refractivity contribution in [1.29, 1.82) is 0 Å². The monoisotopic (exact) mass is 406 g/mol. The summed E-state index contributed by atoms with van der Waals surface area (Å²) in [7, 11) is 14.7. The van der Waals surface area contributed by atoms with Crippen LogP contribution in [0.25, 0.3) is 0 Å². The molecule has 0 N–H and O–H groups in total. The summed E-state index contributed by atoms with van der Waals surface area (Å²) in [5.74, 6) is -0.322. The first-order valence-corrected chi connectivity index (χ1v) is 14.0. The molecule has 0 saturated heterocycles. The Bertz CT molecular complexity index is 413. The molecule has 0 aliphatic carbocycles. The first-order valence-electron chi connectivity index (χ1n) is 5.55. The van der Waals surface area contributed by atoms with Crippen LogP contribution in [0.2, 0.25) is 3.97 Å². The number of hydrogen-bond donors (Lipinski definition) is 0. The first kappa shape index (κ1) is 16.1. The van der Waals surface area contributed by atoms with Crippen molar-refractivity contribution < 1.29 is 9.53 Å². The van der Waals surface area contributed by atoms with E-state index in [0.717, 1.165) is 3.61 Å². The fourth-order valence-electron chi connectivity index (χ4n) is 1.76. The topological polar surface area (TPSA) is 26.3 Å². The average molecular weight is 405 g/mol. The molecule has 0 fully saturated rings. The van der Waals surface area contributed by atoms with Crippen molar-refractivity contribution in [2.45, 2.75) is 24.7 Å². The van der Waals surface area contributed by atoms with Gasteiger partial charge in [-0.05, 0) is 0 Å². The fourth-order valence-corrected chi connectivity index (χ4v) is 13.5. The fraction of sp³-hybridized carbons (Fsp3) is 0.462. The molecule has 1 aromatic carbocycles. The maximum atomic E-state index is 12.0. The maximum absolute atomic E-state index is 12.0. The molecule has 1 unspecified atom stereocenters. The molecule has 1 atom stereocenters. The van der Waals surface area contributed by atoms with E-state index in [9.17, 15) is 4.79 Å². The van der Waals surface area contributed by atoms with E-state index in [1.807, 2.05) is 51.1 Å². The van der Waals surface area contributed by atoms with Gasteiger partial charge in [0.25, 0.3) is 0 Å². The van der Waals surface area contributed by atoms with Gasteiger partial charge in [0, 0.05) is 0 Å². The molecular formula is C13H18Cl2O2Te. The Morgan fingerprint density at radius 3 is 2.11 bits per heavy atom. The summed E-state index contributed by atoms with van der Waals surface area (Å²) in [5.41, 5.74) is -0.326. The van der Waals surface area contributed by atoms with E-state index in [1.165, 1.54) is 7.11 Å². The van der Waals surface area contributed by atoms with Crippen LogP contribution in [0.4, 0.5) is 0 Å². The Kier molecular flexibility index (Phi) is 5.38. The molecule has 0 amide bonds. The molecule has 1 rings (SSSR count). The summed E-state index contributed by atoms with van der Waals surface area (Å²) < 4.78 is 5.31. The number of ether oxygens (including phenoxy) is 1. The van der Waals surface area contributed by atoms with Crippen molar-refractivity contribution in [3.63, 3.8) is 0 Å². The van der Waals surface area contributed by atoms with Gasteiger partial charge in [-0.15, -0.1) is 0 Å². The number of benzene rings is 1. The Morgan fingerprint density at radius 1 is 1.22 bits per heavy atom. The van der Waals surface area contributed by atoms with Crippen LogP contribution < -0.4 is 3.61 Å². The zero-order valence-electron chi connectivity index (χ0n) is 10.9. The van der Waals surface area contributed by atoms with Crippen LogP contribution in [0, 0.1) is 5.41 Å². The van der Waals surface area contributed by atoms with Crippen molar-refractivity contribution >= 4 is 43.4 Å². The van der Waals surface area contributed by atoms with Crippen LogP contribution in [0.5, 0.6) is 0 Å². The summed E-state index contributed by atoms with van der Waals surface area (Å²) in [5, 5.41) is 0. The van der Waals surface area contributed by atoms with Crippen LogP contribution in [0.15, 0.2) is 30.3 Å². The Morgan fingerprint density at radius 2 is 1.72 bits per heavy atom. The Balaban J connectivity index is 3.24. The molecule has 2 nitrogen and oxygen atoms in total. The third-order valence-electron chi connectivity index (χ3n) is 2.56. The molecule has 1 aromatic rings. The summed E-state index contributed by atoms with van der Waals surface area (Å²) in [6.07, 6.45) is 0. The van der Waals surface area contributed by atoms with Gasteiger partial charge in [0.05, 0.1) is 0 Å². The molecule has 0 spiro atoms. The quantitative estimate of drug-likeness (QED) is 0.570. The molecule has 0 aliphatic heterocycles. The second-order valence-electron chi connectivity index (χ2n) is 5.09. The van der Waals surface area contributed by atoms with E-state index in [0.29, 0.717) is 0 Å². The molecule has 0 radical (unpaired) electrons. The second kappa shape index (κ2) is 6.01. The number of methoxy groups -OCH3 is 1. The third-order valence-corrected chi connectivity index (χ3v) is 14.2. The van der Waals surface area contributed by atoms with E-state index in [2.05, 4.69) is 0 Å². The van der Waals surface area contributed by atoms with E-state index in [1.54, 1.807) is 0 Å². The van der Waals surface area contributed by atoms with Crippen molar-refractivity contribution in [3.8, 4) is 0 Å². The third kappa shape index (κ3) is 3.54. The van der Waals surface area contributed by atoms with Crippen molar-refractivity contribution in [3.05, 3.63) is 30.3 Å². The second-order valence-corrected chi connectivity index (χ2v) is 18.3. The van der Waals surface area contributed by atoms with Gasteiger partial charge in [0.15, 0.2) is 0 Å². The van der Waals surface area contributed by atoms with Gasteiger partial charge in [-0.1, -0.05) is 0 Å². The summed E-state index contributed by atoms with van der Waals surface area (Å²) >= 11 is -3.56. The normalized spacial score (nSPS) is 15.0. The number of esters is 1. The van der Waals surface area contributed by atoms with Gasteiger partial charge in [-0.3, -0.25) is 0 Å². The Labute approximate surface area is 120 Å². The van der Waals surface area contributed by atoms with E-state index >= 15 is 0 Å². The minimum absolute atomic E-state index is 0.322. The molecule has 102 valence electrons. The minimum atomic E-state index is -3.56. The van der Waals surface area contributed by atoms with Gasteiger partial charge in [0.1, 0.15) is 0 Å². The summed E-state index contributed by atoms with van der Waals surface area (Å²) in [6.45, 7) is 5.88. The average Bonchev–Trinajstić information content (AvgIpc) is 2.28. The van der Waals surface area contributed by atoms with Gasteiger partial charge < -0.3 is 0 Å². The van der Waals surface area contributed by atoms with Gasteiger partial charge in [-0.2, -0.15) is 0 Å².